The molecule has 0 aliphatic carbocycles. The van der Waals surface area contributed by atoms with Crippen LogP contribution in [0.25, 0.3) is 6.08 Å². The second-order valence-electron chi connectivity index (χ2n) is 5.20. The Morgan fingerprint density at radius 3 is 2.58 bits per heavy atom. The fraction of sp³-hybridized carbons (Fsp3) is 0.111. The molecule has 0 spiro atoms. The molecule has 0 saturated carbocycles. The molecule has 1 aliphatic heterocycles. The van der Waals surface area contributed by atoms with E-state index in [-0.39, 0.29) is 5.91 Å². The summed E-state index contributed by atoms with van der Waals surface area (Å²) in [5, 5.41) is 0.842. The van der Waals surface area contributed by atoms with Crippen LogP contribution < -0.4 is 14.4 Å². The van der Waals surface area contributed by atoms with Crippen molar-refractivity contribution in [2.75, 3.05) is 19.1 Å². The van der Waals surface area contributed by atoms with Gasteiger partial charge in [-0.2, -0.15) is 0 Å². The van der Waals surface area contributed by atoms with Gasteiger partial charge in [0.2, 0.25) is 0 Å². The van der Waals surface area contributed by atoms with Gasteiger partial charge in [0.25, 0.3) is 5.91 Å². The van der Waals surface area contributed by atoms with E-state index in [0.717, 1.165) is 5.56 Å². The third-order valence-corrected chi connectivity index (χ3v) is 5.50. The SMILES string of the molecule is COc1cccc(/C=C2\SC(=S)N(c3ccc(Cl)cc3Cl)C2=O)c1OC. The van der Waals surface area contributed by atoms with Gasteiger partial charge in [-0.25, -0.2) is 0 Å². The number of hydrogen-bond acceptors (Lipinski definition) is 5. The second-order valence-corrected chi connectivity index (χ2v) is 7.72. The number of halogens is 2. The quantitative estimate of drug-likeness (QED) is 0.483. The molecule has 0 radical (unpaired) electrons. The molecular formula is C18H13Cl2NO3S2. The number of nitrogens with zero attached hydrogens (tertiary/aromatic N) is 1. The highest BCUT2D eigenvalue weighted by Gasteiger charge is 2.34. The zero-order valence-electron chi connectivity index (χ0n) is 13.8. The third kappa shape index (κ3) is 3.55. The Kier molecular flexibility index (Phi) is 5.77. The van der Waals surface area contributed by atoms with Crippen LogP contribution in [0.3, 0.4) is 0 Å². The van der Waals surface area contributed by atoms with Crippen molar-refractivity contribution in [3.63, 3.8) is 0 Å². The molecule has 26 heavy (non-hydrogen) atoms. The van der Waals surface area contributed by atoms with Gasteiger partial charge in [-0.05, 0) is 30.3 Å². The number of amides is 1. The molecule has 3 rings (SSSR count). The average Bonchev–Trinajstić information content (AvgIpc) is 2.89. The van der Waals surface area contributed by atoms with Crippen molar-refractivity contribution >= 4 is 69.2 Å². The zero-order valence-corrected chi connectivity index (χ0v) is 16.9. The van der Waals surface area contributed by atoms with E-state index < -0.39 is 0 Å². The summed E-state index contributed by atoms with van der Waals surface area (Å²) in [5.41, 5.74) is 1.22. The van der Waals surface area contributed by atoms with Crippen LogP contribution in [0.4, 0.5) is 5.69 Å². The van der Waals surface area contributed by atoms with Crippen LogP contribution in [0.1, 0.15) is 5.56 Å². The van der Waals surface area contributed by atoms with Gasteiger partial charge < -0.3 is 9.47 Å². The molecule has 1 fully saturated rings. The van der Waals surface area contributed by atoms with Gasteiger partial charge in [0.05, 0.1) is 29.8 Å². The first kappa shape index (κ1) is 19.0. The minimum atomic E-state index is -0.255. The molecule has 1 heterocycles. The Labute approximate surface area is 170 Å². The summed E-state index contributed by atoms with van der Waals surface area (Å²) < 4.78 is 11.1. The van der Waals surface area contributed by atoms with Crippen LogP contribution in [0.15, 0.2) is 41.3 Å². The highest BCUT2D eigenvalue weighted by Crippen LogP contribution is 2.41. The number of carbonyl (C=O) groups is 1. The van der Waals surface area contributed by atoms with E-state index in [1.165, 1.54) is 16.7 Å². The Hall–Kier alpha value is -1.73. The number of thioether (sulfide) groups is 1. The van der Waals surface area contributed by atoms with Crippen molar-refractivity contribution in [1.29, 1.82) is 0 Å². The van der Waals surface area contributed by atoms with E-state index in [1.54, 1.807) is 44.6 Å². The number of thiocarbonyl (C=S) groups is 1. The highest BCUT2D eigenvalue weighted by atomic mass is 35.5. The summed E-state index contributed by atoms with van der Waals surface area (Å²) in [7, 11) is 3.11. The van der Waals surface area contributed by atoms with Gasteiger partial charge in [-0.1, -0.05) is 59.3 Å². The predicted octanol–water partition coefficient (Wildman–Crippen LogP) is 5.42. The number of methoxy groups -OCH3 is 2. The van der Waals surface area contributed by atoms with Crippen LogP contribution in [-0.4, -0.2) is 24.4 Å². The number of para-hydroxylation sites is 1. The summed E-state index contributed by atoms with van der Waals surface area (Å²) in [5.74, 6) is 0.872. The largest absolute Gasteiger partial charge is 0.493 e. The lowest BCUT2D eigenvalue weighted by Gasteiger charge is -2.16. The first-order valence-corrected chi connectivity index (χ1v) is 9.38. The number of ether oxygens (including phenoxy) is 2. The Balaban J connectivity index is 2.01. The van der Waals surface area contributed by atoms with E-state index in [4.69, 9.17) is 44.9 Å². The first-order valence-electron chi connectivity index (χ1n) is 7.40. The van der Waals surface area contributed by atoms with Crippen molar-refractivity contribution < 1.29 is 14.3 Å². The number of anilines is 1. The topological polar surface area (TPSA) is 38.8 Å². The van der Waals surface area contributed by atoms with Gasteiger partial charge >= 0.3 is 0 Å². The van der Waals surface area contributed by atoms with E-state index in [1.807, 2.05) is 12.1 Å². The van der Waals surface area contributed by atoms with Crippen LogP contribution in [-0.2, 0) is 4.79 Å². The molecule has 0 aromatic heterocycles. The van der Waals surface area contributed by atoms with Gasteiger partial charge in [-0.15, -0.1) is 0 Å². The summed E-state index contributed by atoms with van der Waals surface area (Å²) in [6.45, 7) is 0. The third-order valence-electron chi connectivity index (χ3n) is 3.66. The van der Waals surface area contributed by atoms with Crippen molar-refractivity contribution in [2.45, 2.75) is 0 Å². The number of hydrogen-bond donors (Lipinski definition) is 0. The van der Waals surface area contributed by atoms with E-state index in [9.17, 15) is 4.79 Å². The summed E-state index contributed by atoms with van der Waals surface area (Å²) >= 11 is 18.7. The Morgan fingerprint density at radius 1 is 1.15 bits per heavy atom. The second kappa shape index (κ2) is 7.88. The normalized spacial score (nSPS) is 15.7. The first-order chi connectivity index (χ1) is 12.5. The number of carbonyl (C=O) groups excluding carboxylic acids is 1. The summed E-state index contributed by atoms with van der Waals surface area (Å²) in [6.07, 6.45) is 1.73. The molecule has 0 unspecified atom stereocenters. The molecule has 1 amide bonds. The lowest BCUT2D eigenvalue weighted by Crippen LogP contribution is -2.27. The van der Waals surface area contributed by atoms with E-state index in [0.29, 0.717) is 36.5 Å². The molecule has 4 nitrogen and oxygen atoms in total. The van der Waals surface area contributed by atoms with Gasteiger partial charge in [0.1, 0.15) is 0 Å². The highest BCUT2D eigenvalue weighted by molar-refractivity contribution is 8.27. The molecule has 1 saturated heterocycles. The lowest BCUT2D eigenvalue weighted by atomic mass is 10.1. The molecule has 0 atom stereocenters. The maximum atomic E-state index is 12.9. The van der Waals surface area contributed by atoms with Gasteiger partial charge in [0, 0.05) is 10.6 Å². The standard InChI is InChI=1S/C18H13Cl2NO3S2/c1-23-14-5-3-4-10(16(14)24-2)8-15-17(22)21(18(25)26-15)13-7-6-11(19)9-12(13)20/h3-9H,1-2H3/b15-8-. The van der Waals surface area contributed by atoms with E-state index >= 15 is 0 Å². The van der Waals surface area contributed by atoms with Crippen molar-refractivity contribution in [1.82, 2.24) is 0 Å². The van der Waals surface area contributed by atoms with Crippen molar-refractivity contribution in [3.05, 3.63) is 56.9 Å². The minimum absolute atomic E-state index is 0.255. The molecule has 0 N–H and O–H groups in total. The molecular weight excluding hydrogens is 413 g/mol. The maximum Gasteiger partial charge on any atom is 0.270 e. The van der Waals surface area contributed by atoms with Crippen LogP contribution in [0.2, 0.25) is 10.0 Å². The van der Waals surface area contributed by atoms with Crippen molar-refractivity contribution in [3.8, 4) is 11.5 Å². The monoisotopic (exact) mass is 425 g/mol. The van der Waals surface area contributed by atoms with Gasteiger partial charge in [0.15, 0.2) is 15.8 Å². The molecule has 8 heteroatoms. The van der Waals surface area contributed by atoms with Crippen LogP contribution >= 0.6 is 47.2 Å². The lowest BCUT2D eigenvalue weighted by molar-refractivity contribution is -0.113. The van der Waals surface area contributed by atoms with Crippen molar-refractivity contribution in [2.24, 2.45) is 0 Å². The molecule has 2 aromatic carbocycles. The minimum Gasteiger partial charge on any atom is -0.493 e. The Morgan fingerprint density at radius 2 is 1.92 bits per heavy atom. The summed E-state index contributed by atoms with van der Waals surface area (Å²) in [6, 6.07) is 10.4. The Bertz CT molecular complexity index is 931. The zero-order chi connectivity index (χ0) is 18.8. The fourth-order valence-electron chi connectivity index (χ4n) is 2.50. The van der Waals surface area contributed by atoms with Gasteiger partial charge in [-0.3, -0.25) is 9.69 Å². The number of rotatable bonds is 4. The smallest absolute Gasteiger partial charge is 0.270 e. The van der Waals surface area contributed by atoms with E-state index in [2.05, 4.69) is 0 Å². The predicted molar refractivity (Wildman–Crippen MR) is 112 cm³/mol. The number of benzene rings is 2. The average molecular weight is 426 g/mol. The summed E-state index contributed by atoms with van der Waals surface area (Å²) in [4.78, 5) is 14.8. The molecule has 134 valence electrons. The molecule has 0 bridgehead atoms. The maximum absolute atomic E-state index is 12.9. The molecule has 1 aliphatic rings. The van der Waals surface area contributed by atoms with Crippen LogP contribution in [0.5, 0.6) is 11.5 Å². The fourth-order valence-corrected chi connectivity index (χ4v) is 4.27. The van der Waals surface area contributed by atoms with Crippen LogP contribution in [0, 0.1) is 0 Å². The molecule has 2 aromatic rings.